The van der Waals surface area contributed by atoms with Crippen molar-refractivity contribution >= 4 is 0 Å². The number of unbranched alkanes of at least 4 members (excludes halogenated alkanes) is 3. The van der Waals surface area contributed by atoms with Gasteiger partial charge in [-0.3, -0.25) is 9.78 Å². The third-order valence-electron chi connectivity index (χ3n) is 4.88. The Bertz CT molecular complexity index is 820. The van der Waals surface area contributed by atoms with E-state index in [0.29, 0.717) is 6.42 Å². The zero-order chi connectivity index (χ0) is 22.0. The Morgan fingerprint density at radius 1 is 1.34 bits per heavy atom. The predicted octanol–water partition coefficient (Wildman–Crippen LogP) is -1.32. The number of aromatic amines is 1. The molecule has 13 heteroatoms. The van der Waals surface area contributed by atoms with Crippen LogP contribution in [0.1, 0.15) is 39.0 Å². The molecule has 0 aromatic carbocycles. The molecule has 5 atom stereocenters. The standard InChI is InChI=1S/C16H25F2N3O8/c1-2-3-4-5-6-11(18)21(28)15(26)12(23)10(8-22)29-16(15,27)20-7-9(17)13(24)19-14(20)25/h7,10-12,22-23,26-28H,2-6,8H2,1H3,(H,19,24,25)/t10-,11?,12-,15-,16+/m1/s1. The topological polar surface area (TPSA) is 168 Å². The van der Waals surface area contributed by atoms with Crippen LogP contribution in [0.5, 0.6) is 0 Å². The number of nitrogens with zero attached hydrogens (tertiary/aromatic N) is 2. The smallest absolute Gasteiger partial charge is 0.332 e. The quantitative estimate of drug-likeness (QED) is 0.122. The molecule has 0 bridgehead atoms. The highest BCUT2D eigenvalue weighted by atomic mass is 19.1. The number of alkyl halides is 1. The Balaban J connectivity index is 2.48. The molecule has 1 aliphatic rings. The van der Waals surface area contributed by atoms with Crippen LogP contribution in [-0.2, 0) is 10.6 Å². The lowest BCUT2D eigenvalue weighted by atomic mass is 10.00. The first kappa shape index (κ1) is 23.5. The minimum atomic E-state index is -3.47. The molecule has 1 fully saturated rings. The molecule has 1 aromatic heterocycles. The number of H-pyrrole nitrogens is 1. The molecule has 2 rings (SSSR count). The second-order valence-electron chi connectivity index (χ2n) is 6.85. The lowest BCUT2D eigenvalue weighted by Crippen LogP contribution is -2.69. The molecule has 0 amide bonds. The van der Waals surface area contributed by atoms with Crippen LogP contribution in [0.25, 0.3) is 0 Å². The summed E-state index contributed by atoms with van der Waals surface area (Å²) in [5.41, 5.74) is -6.38. The van der Waals surface area contributed by atoms with Crippen LogP contribution in [0.15, 0.2) is 15.8 Å². The van der Waals surface area contributed by atoms with E-state index in [2.05, 4.69) is 0 Å². The Labute approximate surface area is 163 Å². The number of aliphatic hydroxyl groups is 4. The first-order chi connectivity index (χ1) is 13.5. The third-order valence-corrected chi connectivity index (χ3v) is 4.88. The molecule has 0 radical (unpaired) electrons. The molecule has 29 heavy (non-hydrogen) atoms. The van der Waals surface area contributed by atoms with Crippen molar-refractivity contribution in [2.24, 2.45) is 0 Å². The highest BCUT2D eigenvalue weighted by Crippen LogP contribution is 2.44. The number of hydrogen-bond acceptors (Lipinski definition) is 9. The number of rotatable bonds is 9. The van der Waals surface area contributed by atoms with Gasteiger partial charge in [-0.2, -0.15) is 4.39 Å². The Kier molecular flexibility index (Phi) is 7.27. The van der Waals surface area contributed by atoms with Crippen molar-refractivity contribution in [1.82, 2.24) is 14.6 Å². The molecular weight excluding hydrogens is 400 g/mol. The Hall–Kier alpha value is -1.74. The van der Waals surface area contributed by atoms with Gasteiger partial charge in [0.2, 0.25) is 11.5 Å². The van der Waals surface area contributed by atoms with Crippen LogP contribution >= 0.6 is 0 Å². The van der Waals surface area contributed by atoms with E-state index in [0.717, 1.165) is 12.8 Å². The number of ether oxygens (including phenoxy) is 1. The van der Waals surface area contributed by atoms with Crippen LogP contribution in [0.2, 0.25) is 0 Å². The molecule has 0 saturated carbocycles. The second kappa shape index (κ2) is 8.95. The van der Waals surface area contributed by atoms with Gasteiger partial charge in [0.05, 0.1) is 12.8 Å². The van der Waals surface area contributed by atoms with E-state index in [4.69, 9.17) is 4.74 Å². The summed E-state index contributed by atoms with van der Waals surface area (Å²) in [4.78, 5) is 24.8. The van der Waals surface area contributed by atoms with Gasteiger partial charge in [0, 0.05) is 0 Å². The summed E-state index contributed by atoms with van der Waals surface area (Å²) >= 11 is 0. The molecule has 2 heterocycles. The molecule has 0 aliphatic carbocycles. The van der Waals surface area contributed by atoms with Gasteiger partial charge in [0.1, 0.15) is 12.2 Å². The maximum Gasteiger partial charge on any atom is 0.332 e. The highest BCUT2D eigenvalue weighted by molar-refractivity contribution is 5.06. The van der Waals surface area contributed by atoms with Gasteiger partial charge in [-0.1, -0.05) is 26.2 Å². The molecule has 1 saturated heterocycles. The first-order valence-electron chi connectivity index (χ1n) is 9.10. The van der Waals surface area contributed by atoms with E-state index in [-0.39, 0.29) is 23.6 Å². The number of aromatic nitrogens is 2. The van der Waals surface area contributed by atoms with Crippen molar-refractivity contribution in [2.75, 3.05) is 6.61 Å². The average Bonchev–Trinajstić information content (AvgIpc) is 2.89. The summed E-state index contributed by atoms with van der Waals surface area (Å²) in [6.07, 6.45) is -4.09. The fourth-order valence-corrected chi connectivity index (χ4v) is 3.22. The monoisotopic (exact) mass is 425 g/mol. The van der Waals surface area contributed by atoms with Gasteiger partial charge in [0.15, 0.2) is 6.30 Å². The number of hydrogen-bond donors (Lipinski definition) is 6. The average molecular weight is 425 g/mol. The van der Waals surface area contributed by atoms with Gasteiger partial charge in [0.25, 0.3) is 5.56 Å². The van der Waals surface area contributed by atoms with Crippen LogP contribution < -0.4 is 11.2 Å². The van der Waals surface area contributed by atoms with E-state index < -0.39 is 58.9 Å². The minimum absolute atomic E-state index is 0.0599. The van der Waals surface area contributed by atoms with Crippen LogP contribution in [-0.4, -0.2) is 71.1 Å². The van der Waals surface area contributed by atoms with E-state index in [1.165, 1.54) is 4.98 Å². The largest absolute Gasteiger partial charge is 0.394 e. The Morgan fingerprint density at radius 3 is 2.59 bits per heavy atom. The van der Waals surface area contributed by atoms with E-state index >= 15 is 0 Å². The molecule has 6 N–H and O–H groups in total. The van der Waals surface area contributed by atoms with Gasteiger partial charge < -0.3 is 30.4 Å². The zero-order valence-electron chi connectivity index (χ0n) is 15.7. The van der Waals surface area contributed by atoms with Crippen molar-refractivity contribution in [3.63, 3.8) is 0 Å². The SMILES string of the molecule is CCCCCCC(F)N(O)[C@@]1(O)[C@H](O)[C@@H](CO)O[C@]1(O)n1cc(F)c(=O)[nH]c1=O. The zero-order valence-corrected chi connectivity index (χ0v) is 15.7. The van der Waals surface area contributed by atoms with Gasteiger partial charge in [-0.25, -0.2) is 13.8 Å². The number of aliphatic hydroxyl groups excluding tert-OH is 2. The molecular formula is C16H25F2N3O8. The summed E-state index contributed by atoms with van der Waals surface area (Å²) in [5, 5.41) is 51.2. The van der Waals surface area contributed by atoms with E-state index in [1.807, 2.05) is 6.92 Å². The molecule has 0 spiro atoms. The van der Waals surface area contributed by atoms with Crippen LogP contribution in [0.4, 0.5) is 8.78 Å². The lowest BCUT2D eigenvalue weighted by Gasteiger charge is -2.43. The fourth-order valence-electron chi connectivity index (χ4n) is 3.22. The van der Waals surface area contributed by atoms with Crippen molar-refractivity contribution in [3.8, 4) is 0 Å². The molecule has 11 nitrogen and oxygen atoms in total. The van der Waals surface area contributed by atoms with Gasteiger partial charge in [-0.05, 0) is 12.8 Å². The van der Waals surface area contributed by atoms with Crippen molar-refractivity contribution < 1.29 is 39.2 Å². The number of halogens is 2. The van der Waals surface area contributed by atoms with Crippen molar-refractivity contribution in [3.05, 3.63) is 32.9 Å². The summed E-state index contributed by atoms with van der Waals surface area (Å²) in [7, 11) is 0. The highest BCUT2D eigenvalue weighted by Gasteiger charge is 2.71. The van der Waals surface area contributed by atoms with E-state index in [1.54, 1.807) is 0 Å². The summed E-state index contributed by atoms with van der Waals surface area (Å²) in [6.45, 7) is 0.907. The fraction of sp³-hybridized carbons (Fsp3) is 0.750. The molecule has 1 unspecified atom stereocenters. The summed E-state index contributed by atoms with van der Waals surface area (Å²) in [6, 6.07) is 0. The Morgan fingerprint density at radius 2 is 2.00 bits per heavy atom. The maximum atomic E-state index is 14.6. The van der Waals surface area contributed by atoms with Crippen molar-refractivity contribution in [2.45, 2.75) is 69.2 Å². The van der Waals surface area contributed by atoms with Gasteiger partial charge in [-0.15, -0.1) is 5.06 Å². The molecule has 166 valence electrons. The molecule has 1 aromatic rings. The second-order valence-corrected chi connectivity index (χ2v) is 6.85. The minimum Gasteiger partial charge on any atom is -0.394 e. The summed E-state index contributed by atoms with van der Waals surface area (Å²) < 4.78 is 33.1. The van der Waals surface area contributed by atoms with Crippen LogP contribution in [0, 0.1) is 5.82 Å². The van der Waals surface area contributed by atoms with Crippen molar-refractivity contribution in [1.29, 1.82) is 0 Å². The summed E-state index contributed by atoms with van der Waals surface area (Å²) in [5.74, 6) is -5.04. The molecule has 1 aliphatic heterocycles. The predicted molar refractivity (Wildman–Crippen MR) is 91.7 cm³/mol. The number of nitrogens with one attached hydrogen (secondary N) is 1. The number of hydroxylamine groups is 2. The lowest BCUT2D eigenvalue weighted by molar-refractivity contribution is -0.428. The first-order valence-corrected chi connectivity index (χ1v) is 9.10. The maximum absolute atomic E-state index is 14.6. The normalized spacial score (nSPS) is 30.8. The van der Waals surface area contributed by atoms with Gasteiger partial charge >= 0.3 is 11.6 Å². The van der Waals surface area contributed by atoms with Crippen LogP contribution in [0.3, 0.4) is 0 Å². The van der Waals surface area contributed by atoms with E-state index in [9.17, 15) is 44.0 Å². The third kappa shape index (κ3) is 3.99.